The lowest BCUT2D eigenvalue weighted by molar-refractivity contribution is 0.0702. The number of rotatable bonds is 4. The third-order valence-electron chi connectivity index (χ3n) is 4.59. The monoisotopic (exact) mass is 360 g/mol. The summed E-state index contributed by atoms with van der Waals surface area (Å²) in [5.41, 5.74) is 1.49. The highest BCUT2D eigenvalue weighted by molar-refractivity contribution is 7.98. The summed E-state index contributed by atoms with van der Waals surface area (Å²) >= 11 is 1.56. The molecule has 134 valence electrons. The number of carbonyl (C=O) groups is 1. The lowest BCUT2D eigenvalue weighted by Gasteiger charge is -2.37. The first kappa shape index (κ1) is 17.7. The molecule has 3 heterocycles. The number of hydrogen-bond donors (Lipinski definition) is 0. The normalized spacial score (nSPS) is 15.4. The molecular weight excluding hydrogens is 336 g/mol. The average molecular weight is 360 g/mol. The van der Waals surface area contributed by atoms with Gasteiger partial charge in [-0.3, -0.25) is 9.48 Å². The van der Waals surface area contributed by atoms with Gasteiger partial charge < -0.3 is 9.80 Å². The fraction of sp³-hybridized carbons (Fsp3) is 0.529. The molecule has 0 atom stereocenters. The van der Waals surface area contributed by atoms with Crippen LogP contribution in [0.1, 0.15) is 29.0 Å². The molecule has 0 unspecified atom stereocenters. The van der Waals surface area contributed by atoms with Crippen LogP contribution in [0.4, 0.5) is 5.82 Å². The molecule has 0 spiro atoms. The van der Waals surface area contributed by atoms with E-state index >= 15 is 0 Å². The van der Waals surface area contributed by atoms with Crippen LogP contribution in [-0.4, -0.2) is 63.0 Å². The van der Waals surface area contributed by atoms with Crippen molar-refractivity contribution in [2.45, 2.75) is 31.0 Å². The highest BCUT2D eigenvalue weighted by Crippen LogP contribution is 2.23. The third-order valence-corrected chi connectivity index (χ3v) is 5.14. The van der Waals surface area contributed by atoms with Crippen LogP contribution in [0.15, 0.2) is 23.5 Å². The van der Waals surface area contributed by atoms with Crippen LogP contribution in [0.2, 0.25) is 0 Å². The molecule has 2 aromatic rings. The number of nitrogens with zero attached hydrogens (tertiary/aromatic N) is 6. The largest absolute Gasteiger partial charge is 0.356 e. The van der Waals surface area contributed by atoms with Crippen molar-refractivity contribution in [2.75, 3.05) is 31.3 Å². The zero-order valence-corrected chi connectivity index (χ0v) is 16.0. The maximum atomic E-state index is 12.6. The van der Waals surface area contributed by atoms with Gasteiger partial charge in [0.15, 0.2) is 5.16 Å². The lowest BCUT2D eigenvalue weighted by Crippen LogP contribution is -2.46. The van der Waals surface area contributed by atoms with Gasteiger partial charge in [-0.15, -0.1) is 0 Å². The minimum atomic E-state index is -0.0124. The minimum Gasteiger partial charge on any atom is -0.356 e. The molecule has 7 nitrogen and oxygen atoms in total. The van der Waals surface area contributed by atoms with Crippen molar-refractivity contribution in [3.05, 3.63) is 29.7 Å². The fourth-order valence-electron chi connectivity index (χ4n) is 3.14. The van der Waals surface area contributed by atoms with E-state index < -0.39 is 0 Å². The second kappa shape index (κ2) is 7.43. The maximum absolute atomic E-state index is 12.6. The van der Waals surface area contributed by atoms with Gasteiger partial charge in [0.05, 0.1) is 0 Å². The zero-order valence-electron chi connectivity index (χ0n) is 15.1. The molecule has 1 amide bonds. The molecule has 8 heteroatoms. The maximum Gasteiger partial charge on any atom is 0.274 e. The molecule has 1 aliphatic heterocycles. The van der Waals surface area contributed by atoms with Gasteiger partial charge in [0.25, 0.3) is 5.91 Å². The molecule has 0 aliphatic carbocycles. The van der Waals surface area contributed by atoms with E-state index in [4.69, 9.17) is 0 Å². The Bertz CT molecular complexity index is 753. The molecule has 3 rings (SSSR count). The standard InChI is InChI=1S/C17H24N6OS/c1-12-11-15(19-17(18-12)25-4)23-9-5-13(6-10-23)22(3)16(24)14-7-8-21(2)20-14/h7-8,11,13H,5-6,9-10H2,1-4H3. The van der Waals surface area contributed by atoms with Crippen molar-refractivity contribution in [1.29, 1.82) is 0 Å². The van der Waals surface area contributed by atoms with E-state index in [0.717, 1.165) is 42.6 Å². The van der Waals surface area contributed by atoms with Crippen LogP contribution < -0.4 is 4.90 Å². The summed E-state index contributed by atoms with van der Waals surface area (Å²) in [7, 11) is 3.69. The molecule has 1 saturated heterocycles. The summed E-state index contributed by atoms with van der Waals surface area (Å²) in [5, 5.41) is 5.02. The van der Waals surface area contributed by atoms with Crippen molar-refractivity contribution >= 4 is 23.5 Å². The van der Waals surface area contributed by atoms with Gasteiger partial charge in [-0.1, -0.05) is 11.8 Å². The number of aryl methyl sites for hydroxylation is 2. The molecular formula is C17H24N6OS. The summed E-state index contributed by atoms with van der Waals surface area (Å²) in [6.07, 6.45) is 5.63. The Morgan fingerprint density at radius 2 is 2.04 bits per heavy atom. The number of amides is 1. The predicted octanol–water partition coefficient (Wildman–Crippen LogP) is 1.98. The van der Waals surface area contributed by atoms with Gasteiger partial charge in [-0.25, -0.2) is 9.97 Å². The molecule has 0 bridgehead atoms. The minimum absolute atomic E-state index is 0.0124. The SMILES string of the molecule is CSc1nc(C)cc(N2CCC(N(C)C(=O)c3ccn(C)n3)CC2)n1. The number of aromatic nitrogens is 4. The van der Waals surface area contributed by atoms with E-state index in [1.54, 1.807) is 28.7 Å². The molecule has 1 aliphatic rings. The summed E-state index contributed by atoms with van der Waals surface area (Å²) in [6, 6.07) is 4.03. The number of piperidine rings is 1. The molecule has 25 heavy (non-hydrogen) atoms. The summed E-state index contributed by atoms with van der Waals surface area (Å²) < 4.78 is 1.66. The highest BCUT2D eigenvalue weighted by Gasteiger charge is 2.27. The highest BCUT2D eigenvalue weighted by atomic mass is 32.2. The van der Waals surface area contributed by atoms with Gasteiger partial charge in [0.1, 0.15) is 11.5 Å². The van der Waals surface area contributed by atoms with Crippen molar-refractivity contribution < 1.29 is 4.79 Å². The van der Waals surface area contributed by atoms with Crippen molar-refractivity contribution in [3.63, 3.8) is 0 Å². The van der Waals surface area contributed by atoms with E-state index in [2.05, 4.69) is 20.0 Å². The summed E-state index contributed by atoms with van der Waals surface area (Å²) in [4.78, 5) is 25.7. The van der Waals surface area contributed by atoms with Crippen LogP contribution in [0.25, 0.3) is 0 Å². The van der Waals surface area contributed by atoms with Crippen LogP contribution in [0.3, 0.4) is 0 Å². The number of hydrogen-bond acceptors (Lipinski definition) is 6. The van der Waals surface area contributed by atoms with Crippen LogP contribution in [0.5, 0.6) is 0 Å². The van der Waals surface area contributed by atoms with Crippen molar-refractivity contribution in [3.8, 4) is 0 Å². The van der Waals surface area contributed by atoms with Crippen LogP contribution >= 0.6 is 11.8 Å². The number of carbonyl (C=O) groups excluding carboxylic acids is 1. The quantitative estimate of drug-likeness (QED) is 0.613. The van der Waals surface area contributed by atoms with Crippen molar-refractivity contribution in [2.24, 2.45) is 7.05 Å². The first-order valence-corrected chi connectivity index (χ1v) is 9.62. The molecule has 0 saturated carbocycles. The molecule has 0 radical (unpaired) electrons. The Hall–Kier alpha value is -2.09. The van der Waals surface area contributed by atoms with Crippen molar-refractivity contribution in [1.82, 2.24) is 24.6 Å². The van der Waals surface area contributed by atoms with E-state index in [9.17, 15) is 4.79 Å². The van der Waals surface area contributed by atoms with Gasteiger partial charge in [0.2, 0.25) is 0 Å². The molecule has 2 aromatic heterocycles. The second-order valence-corrected chi connectivity index (χ2v) is 7.14. The van der Waals surface area contributed by atoms with Gasteiger partial charge in [-0.05, 0) is 32.1 Å². The first-order valence-electron chi connectivity index (χ1n) is 8.39. The van der Waals surface area contributed by atoms with Gasteiger partial charge in [-0.2, -0.15) is 5.10 Å². The molecule has 1 fully saturated rings. The molecule has 0 aromatic carbocycles. The fourth-order valence-corrected chi connectivity index (χ4v) is 3.56. The second-order valence-electron chi connectivity index (χ2n) is 6.36. The molecule has 0 N–H and O–H groups in total. The van der Waals surface area contributed by atoms with Gasteiger partial charge >= 0.3 is 0 Å². The average Bonchev–Trinajstić information content (AvgIpc) is 3.06. The van der Waals surface area contributed by atoms with E-state index in [1.165, 1.54) is 0 Å². The Morgan fingerprint density at radius 3 is 2.64 bits per heavy atom. The van der Waals surface area contributed by atoms with Crippen LogP contribution in [0, 0.1) is 6.92 Å². The summed E-state index contributed by atoms with van der Waals surface area (Å²) in [6.45, 7) is 3.76. The number of anilines is 1. The predicted molar refractivity (Wildman–Crippen MR) is 99.1 cm³/mol. The Balaban J connectivity index is 1.63. The topological polar surface area (TPSA) is 67.2 Å². The van der Waals surface area contributed by atoms with E-state index in [1.807, 2.05) is 38.2 Å². The zero-order chi connectivity index (χ0) is 18.0. The lowest BCUT2D eigenvalue weighted by atomic mass is 10.0. The number of thioether (sulfide) groups is 1. The van der Waals surface area contributed by atoms with Crippen LogP contribution in [-0.2, 0) is 7.05 Å². The summed E-state index contributed by atoms with van der Waals surface area (Å²) in [5.74, 6) is 0.968. The van der Waals surface area contributed by atoms with Gasteiger partial charge in [0, 0.05) is 51.2 Å². The third kappa shape index (κ3) is 3.95. The Labute approximate surface area is 152 Å². The Morgan fingerprint density at radius 1 is 1.32 bits per heavy atom. The first-order chi connectivity index (χ1) is 12.0. The smallest absolute Gasteiger partial charge is 0.274 e. The van der Waals surface area contributed by atoms with E-state index in [-0.39, 0.29) is 11.9 Å². The Kier molecular flexibility index (Phi) is 5.27. The van der Waals surface area contributed by atoms with E-state index in [0.29, 0.717) is 5.69 Å².